The van der Waals surface area contributed by atoms with Crippen LogP contribution in [0.3, 0.4) is 0 Å². The van der Waals surface area contributed by atoms with Crippen molar-refractivity contribution in [3.05, 3.63) is 34.5 Å². The van der Waals surface area contributed by atoms with Gasteiger partial charge in [-0.3, -0.25) is 4.98 Å². The Morgan fingerprint density at radius 3 is 2.71 bits per heavy atom. The molecule has 2 aromatic heterocycles. The molecule has 0 aliphatic carbocycles. The number of thiazole rings is 1. The molecule has 2 aromatic rings. The van der Waals surface area contributed by atoms with E-state index < -0.39 is 16.0 Å². The molecule has 0 spiro atoms. The van der Waals surface area contributed by atoms with Crippen LogP contribution in [-0.2, 0) is 16.6 Å². The summed E-state index contributed by atoms with van der Waals surface area (Å²) in [5.41, 5.74) is 1.56. The fourth-order valence-electron chi connectivity index (χ4n) is 1.78. The third-order valence-corrected chi connectivity index (χ3v) is 4.98. The minimum Gasteiger partial charge on any atom is -0.477 e. The minimum atomic E-state index is -3.76. The van der Waals surface area contributed by atoms with Crippen molar-refractivity contribution in [1.29, 1.82) is 0 Å². The van der Waals surface area contributed by atoms with Gasteiger partial charge in [0.25, 0.3) is 0 Å². The fourth-order valence-corrected chi connectivity index (χ4v) is 3.44. The van der Waals surface area contributed by atoms with Gasteiger partial charge in [0.1, 0.15) is 10.6 Å². The second-order valence-electron chi connectivity index (χ2n) is 4.66. The Hall–Kier alpha value is -1.71. The molecule has 0 amide bonds. The van der Waals surface area contributed by atoms with Crippen molar-refractivity contribution in [3.8, 4) is 0 Å². The van der Waals surface area contributed by atoms with Crippen molar-refractivity contribution in [3.63, 3.8) is 0 Å². The lowest BCUT2D eigenvalue weighted by molar-refractivity contribution is 0.0683. The number of carboxylic acid groups (broad SMARTS) is 1. The van der Waals surface area contributed by atoms with Crippen LogP contribution in [0.15, 0.2) is 28.9 Å². The highest BCUT2D eigenvalue weighted by atomic mass is 32.2. The Morgan fingerprint density at radius 1 is 1.52 bits per heavy atom. The van der Waals surface area contributed by atoms with Gasteiger partial charge in [0.05, 0.1) is 5.51 Å². The van der Waals surface area contributed by atoms with Gasteiger partial charge in [-0.2, -0.15) is 0 Å². The average Bonchev–Trinajstić information content (AvgIpc) is 3.06. The first-order valence-corrected chi connectivity index (χ1v) is 8.49. The zero-order chi connectivity index (χ0) is 15.6. The summed E-state index contributed by atoms with van der Waals surface area (Å²) in [6.07, 6.45) is 2.91. The number of aromatic carboxylic acids is 1. The zero-order valence-corrected chi connectivity index (χ0v) is 13.1. The third-order valence-electron chi connectivity index (χ3n) is 2.83. The average molecular weight is 329 g/mol. The fraction of sp³-hybridized carbons (Fsp3) is 0.333. The number of sulfonamides is 1. The first-order chi connectivity index (χ1) is 9.81. The standard InChI is InChI=1S/C12H15N3O4S2/c1-8(2)15-6-10(3-11(15)12(16)17)21(18,19)14-5-9-4-13-7-20-9/h3-4,6-8,14H,5H2,1-2H3,(H,16,17). The van der Waals surface area contributed by atoms with E-state index in [0.29, 0.717) is 0 Å². The van der Waals surface area contributed by atoms with Crippen LogP contribution in [0, 0.1) is 0 Å². The van der Waals surface area contributed by atoms with E-state index in [1.807, 2.05) is 0 Å². The van der Waals surface area contributed by atoms with Gasteiger partial charge in [-0.15, -0.1) is 11.3 Å². The molecule has 0 unspecified atom stereocenters. The van der Waals surface area contributed by atoms with E-state index in [1.165, 1.54) is 22.1 Å². The van der Waals surface area contributed by atoms with E-state index in [0.717, 1.165) is 10.9 Å². The number of nitrogens with one attached hydrogen (secondary N) is 1. The molecular weight excluding hydrogens is 314 g/mol. The smallest absolute Gasteiger partial charge is 0.352 e. The molecule has 0 atom stereocenters. The Balaban J connectivity index is 2.27. The van der Waals surface area contributed by atoms with Gasteiger partial charge in [-0.05, 0) is 19.9 Å². The summed E-state index contributed by atoms with van der Waals surface area (Å²) in [5.74, 6) is -1.16. The van der Waals surface area contributed by atoms with Crippen molar-refractivity contribution >= 4 is 27.3 Å². The van der Waals surface area contributed by atoms with Gasteiger partial charge in [0, 0.05) is 29.9 Å². The summed E-state index contributed by atoms with van der Waals surface area (Å²) in [4.78, 5) is 15.8. The number of carbonyl (C=O) groups is 1. The molecule has 0 bridgehead atoms. The van der Waals surface area contributed by atoms with Gasteiger partial charge in [-0.1, -0.05) is 0 Å². The van der Waals surface area contributed by atoms with E-state index in [4.69, 9.17) is 5.11 Å². The molecule has 2 rings (SSSR count). The second-order valence-corrected chi connectivity index (χ2v) is 7.40. The van der Waals surface area contributed by atoms with E-state index >= 15 is 0 Å². The van der Waals surface area contributed by atoms with Crippen LogP contribution in [0.4, 0.5) is 0 Å². The molecule has 0 aliphatic rings. The molecule has 2 N–H and O–H groups in total. The molecule has 114 valence electrons. The molecule has 9 heteroatoms. The summed E-state index contributed by atoms with van der Waals surface area (Å²) >= 11 is 1.34. The quantitative estimate of drug-likeness (QED) is 0.840. The summed E-state index contributed by atoms with van der Waals surface area (Å²) in [6, 6.07) is 1.01. The predicted molar refractivity (Wildman–Crippen MR) is 77.9 cm³/mol. The van der Waals surface area contributed by atoms with Crippen LogP contribution in [0.1, 0.15) is 35.3 Å². The number of carboxylic acids is 1. The molecule has 0 radical (unpaired) electrons. The van der Waals surface area contributed by atoms with E-state index in [-0.39, 0.29) is 23.2 Å². The largest absolute Gasteiger partial charge is 0.477 e. The lowest BCUT2D eigenvalue weighted by Gasteiger charge is -2.09. The first-order valence-electron chi connectivity index (χ1n) is 6.13. The molecular formula is C12H15N3O4S2. The second kappa shape index (κ2) is 5.96. The van der Waals surface area contributed by atoms with E-state index in [9.17, 15) is 13.2 Å². The monoisotopic (exact) mass is 329 g/mol. The van der Waals surface area contributed by atoms with Crippen molar-refractivity contribution in [2.24, 2.45) is 0 Å². The van der Waals surface area contributed by atoms with Crippen molar-refractivity contribution in [2.45, 2.75) is 31.3 Å². The molecule has 0 saturated heterocycles. The highest BCUT2D eigenvalue weighted by Gasteiger charge is 2.22. The first kappa shape index (κ1) is 15.7. The number of hydrogen-bond donors (Lipinski definition) is 2. The van der Waals surface area contributed by atoms with Crippen LogP contribution >= 0.6 is 11.3 Å². The summed E-state index contributed by atoms with van der Waals surface area (Å²) < 4.78 is 28.3. The zero-order valence-electron chi connectivity index (χ0n) is 11.5. The van der Waals surface area contributed by atoms with Crippen LogP contribution in [0.2, 0.25) is 0 Å². The van der Waals surface area contributed by atoms with Crippen LogP contribution < -0.4 is 4.72 Å². The van der Waals surface area contributed by atoms with E-state index in [2.05, 4.69) is 9.71 Å². The number of hydrogen-bond acceptors (Lipinski definition) is 5. The maximum Gasteiger partial charge on any atom is 0.352 e. The van der Waals surface area contributed by atoms with Crippen LogP contribution in [0.25, 0.3) is 0 Å². The third kappa shape index (κ3) is 3.49. The Bertz CT molecular complexity index is 733. The van der Waals surface area contributed by atoms with Gasteiger partial charge in [0.15, 0.2) is 0 Å². The lowest BCUT2D eigenvalue weighted by Crippen LogP contribution is -2.22. The maximum absolute atomic E-state index is 12.2. The van der Waals surface area contributed by atoms with Gasteiger partial charge in [-0.25, -0.2) is 17.9 Å². The summed E-state index contributed by atoms with van der Waals surface area (Å²) in [7, 11) is -3.76. The molecule has 7 nitrogen and oxygen atoms in total. The minimum absolute atomic E-state index is 0.0526. The highest BCUT2D eigenvalue weighted by molar-refractivity contribution is 7.89. The van der Waals surface area contributed by atoms with Crippen LogP contribution in [-0.4, -0.2) is 29.0 Å². The molecule has 0 fully saturated rings. The Morgan fingerprint density at radius 2 is 2.24 bits per heavy atom. The predicted octanol–water partition coefficient (Wildman–Crippen LogP) is 1.70. The Labute approximate surface area is 126 Å². The SMILES string of the molecule is CC(C)n1cc(S(=O)(=O)NCc2cncs2)cc1C(=O)O. The van der Waals surface area contributed by atoms with Crippen LogP contribution in [0.5, 0.6) is 0 Å². The number of rotatable bonds is 6. The lowest BCUT2D eigenvalue weighted by atomic mass is 10.3. The van der Waals surface area contributed by atoms with Crippen molar-refractivity contribution in [1.82, 2.24) is 14.3 Å². The molecule has 0 aromatic carbocycles. The molecule has 2 heterocycles. The van der Waals surface area contributed by atoms with Gasteiger partial charge < -0.3 is 9.67 Å². The van der Waals surface area contributed by atoms with Crippen molar-refractivity contribution < 1.29 is 18.3 Å². The number of aromatic nitrogens is 2. The summed E-state index contributed by atoms with van der Waals surface area (Å²) in [5, 5.41) is 9.13. The van der Waals surface area contributed by atoms with Gasteiger partial charge in [0.2, 0.25) is 10.0 Å². The molecule has 0 aliphatic heterocycles. The highest BCUT2D eigenvalue weighted by Crippen LogP contribution is 2.19. The summed E-state index contributed by atoms with van der Waals surface area (Å²) in [6.45, 7) is 3.70. The molecule has 21 heavy (non-hydrogen) atoms. The van der Waals surface area contributed by atoms with Crippen molar-refractivity contribution in [2.75, 3.05) is 0 Å². The molecule has 0 saturated carbocycles. The normalized spacial score (nSPS) is 12.0. The Kier molecular flexibility index (Phi) is 4.45. The van der Waals surface area contributed by atoms with Gasteiger partial charge >= 0.3 is 5.97 Å². The maximum atomic E-state index is 12.2. The topological polar surface area (TPSA) is 101 Å². The van der Waals surface area contributed by atoms with E-state index in [1.54, 1.807) is 25.6 Å². The number of nitrogens with zero attached hydrogens (tertiary/aromatic N) is 2.